The fourth-order valence-electron chi connectivity index (χ4n) is 7.73. The molecule has 3 aromatic rings. The zero-order valence-corrected chi connectivity index (χ0v) is 20.9. The second kappa shape index (κ2) is 8.07. The summed E-state index contributed by atoms with van der Waals surface area (Å²) in [4.78, 5) is 8.92. The molecule has 2 aromatic carbocycles. The van der Waals surface area contributed by atoms with E-state index in [1.54, 1.807) is 0 Å². The van der Waals surface area contributed by atoms with Crippen LogP contribution in [0.5, 0.6) is 0 Å². The van der Waals surface area contributed by atoms with Crippen LogP contribution in [0.15, 0.2) is 48.5 Å². The molecule has 5 aliphatic rings. The molecule has 4 fully saturated rings. The summed E-state index contributed by atoms with van der Waals surface area (Å²) in [5.41, 5.74) is 6.87. The van der Waals surface area contributed by atoms with E-state index in [4.69, 9.17) is 0 Å². The van der Waals surface area contributed by atoms with Crippen molar-refractivity contribution in [3.63, 3.8) is 0 Å². The predicted octanol–water partition coefficient (Wildman–Crippen LogP) is 5.90. The number of benzene rings is 2. The molecule has 0 radical (unpaired) electrons. The molecule has 184 valence electrons. The van der Waals surface area contributed by atoms with Gasteiger partial charge in [-0.2, -0.15) is 0 Å². The van der Waals surface area contributed by atoms with Gasteiger partial charge < -0.3 is 10.3 Å². The number of alkyl halides is 1. The minimum absolute atomic E-state index is 0.125. The summed E-state index contributed by atoms with van der Waals surface area (Å²) in [7, 11) is 0. The average molecular weight is 473 g/mol. The molecule has 4 atom stereocenters. The first-order valence-corrected chi connectivity index (χ1v) is 13.7. The largest absolute Gasteiger partial charge is 0.378 e. The van der Waals surface area contributed by atoms with Crippen molar-refractivity contribution in [1.82, 2.24) is 14.8 Å². The van der Waals surface area contributed by atoms with Crippen LogP contribution in [-0.2, 0) is 6.42 Å². The van der Waals surface area contributed by atoms with Gasteiger partial charge in [-0.05, 0) is 80.8 Å². The number of aromatic nitrogens is 1. The summed E-state index contributed by atoms with van der Waals surface area (Å²) in [6, 6.07) is 18.3. The highest BCUT2D eigenvalue weighted by Gasteiger charge is 2.63. The zero-order chi connectivity index (χ0) is 23.7. The number of nitrogens with one attached hydrogen (secondary N) is 2. The van der Waals surface area contributed by atoms with Crippen molar-refractivity contribution < 1.29 is 4.39 Å². The Morgan fingerprint density at radius 2 is 1.83 bits per heavy atom. The lowest BCUT2D eigenvalue weighted by Crippen LogP contribution is -2.71. The summed E-state index contributed by atoms with van der Waals surface area (Å²) in [5.74, 6) is 0.950. The first-order valence-electron chi connectivity index (χ1n) is 13.7. The number of nitrogens with zero attached hydrogens (tertiary/aromatic N) is 2. The van der Waals surface area contributed by atoms with Gasteiger partial charge in [0.25, 0.3) is 0 Å². The van der Waals surface area contributed by atoms with E-state index < -0.39 is 6.17 Å². The van der Waals surface area contributed by atoms with Crippen molar-refractivity contribution in [2.24, 2.45) is 5.92 Å². The van der Waals surface area contributed by atoms with Crippen LogP contribution >= 0.6 is 0 Å². The van der Waals surface area contributed by atoms with Crippen molar-refractivity contribution in [2.45, 2.75) is 75.8 Å². The Bertz CT molecular complexity index is 1220. The number of rotatable bonds is 6. The molecular weight excluding hydrogens is 435 g/mol. The van der Waals surface area contributed by atoms with Crippen LogP contribution in [0.1, 0.15) is 62.4 Å². The zero-order valence-electron chi connectivity index (χ0n) is 20.9. The standard InChI is InChI=1S/C30H37FN4/c1-3-12-34-17-25(31)27(18-34)32-22-10-8-21(9-11-22)29-28-24(23-6-4-5-7-26(23)33-28)13-19(2)35(29)30-14-20(15-30)16-30/h4-11,19-20,25,27,29,32-33H,3,12-18H2,1-2H3/t19-,20?,25?,27?,29-,30?/m1/s1. The lowest BCUT2D eigenvalue weighted by atomic mass is 9.48. The van der Waals surface area contributed by atoms with Crippen LogP contribution in [0, 0.1) is 5.92 Å². The number of para-hydroxylation sites is 1. The number of H-pyrrole nitrogens is 1. The number of aromatic amines is 1. The minimum Gasteiger partial charge on any atom is -0.378 e. The molecule has 0 amide bonds. The maximum absolute atomic E-state index is 14.6. The van der Waals surface area contributed by atoms with Gasteiger partial charge in [-0.3, -0.25) is 9.80 Å². The van der Waals surface area contributed by atoms with Crippen molar-refractivity contribution >= 4 is 16.6 Å². The lowest BCUT2D eigenvalue weighted by molar-refractivity contribution is -0.174. The molecule has 35 heavy (non-hydrogen) atoms. The van der Waals surface area contributed by atoms with Crippen LogP contribution in [0.2, 0.25) is 0 Å². The molecule has 1 aromatic heterocycles. The first-order chi connectivity index (χ1) is 17.0. The third kappa shape index (κ3) is 3.38. The summed E-state index contributed by atoms with van der Waals surface area (Å²) in [6.07, 6.45) is 5.44. The molecule has 4 nitrogen and oxygen atoms in total. The lowest BCUT2D eigenvalue weighted by Gasteiger charge is -2.70. The van der Waals surface area contributed by atoms with Crippen molar-refractivity contribution in [1.29, 1.82) is 0 Å². The van der Waals surface area contributed by atoms with Crippen LogP contribution in [0.25, 0.3) is 10.9 Å². The van der Waals surface area contributed by atoms with Crippen molar-refractivity contribution in [3.05, 3.63) is 65.4 Å². The van der Waals surface area contributed by atoms with E-state index in [9.17, 15) is 4.39 Å². The van der Waals surface area contributed by atoms with E-state index >= 15 is 0 Å². The Morgan fingerprint density at radius 1 is 1.06 bits per heavy atom. The summed E-state index contributed by atoms with van der Waals surface area (Å²) in [5, 5.41) is 4.87. The summed E-state index contributed by atoms with van der Waals surface area (Å²) >= 11 is 0. The van der Waals surface area contributed by atoms with Gasteiger partial charge in [0, 0.05) is 47.0 Å². The monoisotopic (exact) mass is 472 g/mol. The van der Waals surface area contributed by atoms with E-state index in [0.29, 0.717) is 18.1 Å². The first kappa shape index (κ1) is 21.9. The quantitative estimate of drug-likeness (QED) is 0.469. The molecule has 2 N–H and O–H groups in total. The molecule has 3 aliphatic carbocycles. The second-order valence-electron chi connectivity index (χ2n) is 11.8. The number of hydrogen-bond donors (Lipinski definition) is 2. The molecular formula is C30H37FN4. The van der Waals surface area contributed by atoms with Gasteiger partial charge in [-0.1, -0.05) is 37.3 Å². The Kier molecular flexibility index (Phi) is 5.05. The molecule has 5 heteroatoms. The van der Waals surface area contributed by atoms with Crippen LogP contribution in [0.3, 0.4) is 0 Å². The minimum atomic E-state index is -0.811. The predicted molar refractivity (Wildman–Crippen MR) is 141 cm³/mol. The smallest absolute Gasteiger partial charge is 0.134 e. The molecule has 2 aliphatic heterocycles. The fraction of sp³-hybridized carbons (Fsp3) is 0.533. The molecule has 2 unspecified atom stereocenters. The highest BCUT2D eigenvalue weighted by atomic mass is 19.1. The highest BCUT2D eigenvalue weighted by molar-refractivity contribution is 5.85. The maximum atomic E-state index is 14.6. The number of anilines is 1. The molecule has 8 rings (SSSR count). The second-order valence-corrected chi connectivity index (χ2v) is 11.8. The Hall–Kier alpha value is -2.37. The maximum Gasteiger partial charge on any atom is 0.134 e. The van der Waals surface area contributed by atoms with Gasteiger partial charge in [0.1, 0.15) is 6.17 Å². The van der Waals surface area contributed by atoms with E-state index in [-0.39, 0.29) is 12.1 Å². The number of likely N-dealkylation sites (tertiary alicyclic amines) is 1. The third-order valence-electron chi connectivity index (χ3n) is 9.37. The van der Waals surface area contributed by atoms with Gasteiger partial charge in [0.05, 0.1) is 12.1 Å². The van der Waals surface area contributed by atoms with Crippen LogP contribution in [-0.4, -0.2) is 58.2 Å². The van der Waals surface area contributed by atoms with Crippen LogP contribution in [0.4, 0.5) is 10.1 Å². The molecule has 1 saturated heterocycles. The Labute approximate surface area is 207 Å². The van der Waals surface area contributed by atoms with Crippen molar-refractivity contribution in [2.75, 3.05) is 25.0 Å². The topological polar surface area (TPSA) is 34.3 Å². The SMILES string of the molecule is CCCN1CC(F)C(Nc2ccc([C@@H]3c4[nH]c5ccccc5c4C[C@@H](C)N3C34CC(C3)C4)cc2)C1. The van der Waals surface area contributed by atoms with E-state index in [2.05, 4.69) is 82.5 Å². The van der Waals surface area contributed by atoms with Crippen LogP contribution < -0.4 is 5.32 Å². The van der Waals surface area contributed by atoms with Crippen molar-refractivity contribution in [3.8, 4) is 0 Å². The molecule has 0 spiro atoms. The normalized spacial score (nSPS) is 34.4. The fourth-order valence-corrected chi connectivity index (χ4v) is 7.73. The Balaban J connectivity index is 1.21. The van der Waals surface area contributed by atoms with E-state index in [1.807, 2.05) is 0 Å². The Morgan fingerprint density at radius 3 is 2.54 bits per heavy atom. The van der Waals surface area contributed by atoms with E-state index in [1.165, 1.54) is 47.0 Å². The highest BCUT2D eigenvalue weighted by Crippen LogP contribution is 2.64. The van der Waals surface area contributed by atoms with Gasteiger partial charge in [0.2, 0.25) is 0 Å². The summed E-state index contributed by atoms with van der Waals surface area (Å²) in [6.45, 7) is 6.89. The summed E-state index contributed by atoms with van der Waals surface area (Å²) < 4.78 is 14.6. The number of fused-ring (bicyclic) bond motifs is 3. The molecule has 3 saturated carbocycles. The van der Waals surface area contributed by atoms with Gasteiger partial charge in [-0.15, -0.1) is 0 Å². The third-order valence-corrected chi connectivity index (χ3v) is 9.37. The molecule has 2 bridgehead atoms. The van der Waals surface area contributed by atoms with Gasteiger partial charge in [0.15, 0.2) is 0 Å². The number of halogens is 1. The van der Waals surface area contributed by atoms with Gasteiger partial charge in [-0.25, -0.2) is 4.39 Å². The van der Waals surface area contributed by atoms with E-state index in [0.717, 1.165) is 37.5 Å². The molecule has 3 heterocycles. The number of hydrogen-bond acceptors (Lipinski definition) is 3. The van der Waals surface area contributed by atoms with Gasteiger partial charge >= 0.3 is 0 Å². The average Bonchev–Trinajstić information content (AvgIpc) is 3.33.